The second-order valence-electron chi connectivity index (χ2n) is 7.91. The lowest BCUT2D eigenvalue weighted by molar-refractivity contribution is 0.120. The molecule has 1 unspecified atom stereocenters. The molecular formula is C21H35N5. The Hall–Kier alpha value is -1.59. The zero-order chi connectivity index (χ0) is 18.4. The number of benzene rings is 1. The van der Waals surface area contributed by atoms with Crippen LogP contribution >= 0.6 is 0 Å². The summed E-state index contributed by atoms with van der Waals surface area (Å²) in [7, 11) is 2.20. The summed E-state index contributed by atoms with van der Waals surface area (Å²) in [6.07, 6.45) is 2.50. The van der Waals surface area contributed by atoms with Crippen LogP contribution in [-0.4, -0.2) is 74.7 Å². The zero-order valence-electron chi connectivity index (χ0n) is 16.7. The molecule has 144 valence electrons. The molecule has 0 bridgehead atoms. The molecule has 1 saturated carbocycles. The normalized spacial score (nSPS) is 22.0. The van der Waals surface area contributed by atoms with Crippen LogP contribution in [0.25, 0.3) is 0 Å². The van der Waals surface area contributed by atoms with E-state index in [1.54, 1.807) is 0 Å². The van der Waals surface area contributed by atoms with Gasteiger partial charge in [0.15, 0.2) is 5.96 Å². The fraction of sp³-hybridized carbons (Fsp3) is 0.667. The van der Waals surface area contributed by atoms with E-state index in [2.05, 4.69) is 71.7 Å². The van der Waals surface area contributed by atoms with E-state index < -0.39 is 0 Å². The maximum absolute atomic E-state index is 4.92. The first-order valence-electron chi connectivity index (χ1n) is 10.1. The highest BCUT2D eigenvalue weighted by Crippen LogP contribution is 2.48. The number of likely N-dealkylation sites (N-methyl/N-ethyl adjacent to an activating group) is 1. The van der Waals surface area contributed by atoms with Crippen molar-refractivity contribution in [1.29, 1.82) is 0 Å². The fourth-order valence-electron chi connectivity index (χ4n) is 3.69. The van der Waals surface area contributed by atoms with Crippen LogP contribution in [-0.2, 0) is 5.41 Å². The molecule has 2 N–H and O–H groups in total. The number of nitrogens with one attached hydrogen (secondary N) is 2. The van der Waals surface area contributed by atoms with Gasteiger partial charge in [0.1, 0.15) is 0 Å². The van der Waals surface area contributed by atoms with Gasteiger partial charge in [-0.3, -0.25) is 9.89 Å². The second-order valence-corrected chi connectivity index (χ2v) is 7.91. The highest BCUT2D eigenvalue weighted by atomic mass is 15.3. The van der Waals surface area contributed by atoms with Crippen molar-refractivity contribution in [2.75, 3.05) is 52.9 Å². The van der Waals surface area contributed by atoms with E-state index in [1.165, 1.54) is 18.4 Å². The van der Waals surface area contributed by atoms with Crippen molar-refractivity contribution >= 4 is 5.96 Å². The monoisotopic (exact) mass is 357 g/mol. The highest BCUT2D eigenvalue weighted by molar-refractivity contribution is 5.79. The lowest BCUT2D eigenvalue weighted by atomic mass is 9.96. The van der Waals surface area contributed by atoms with E-state index in [0.717, 1.165) is 51.8 Å². The first-order chi connectivity index (χ1) is 12.6. The van der Waals surface area contributed by atoms with E-state index in [0.29, 0.717) is 6.04 Å². The molecule has 5 heteroatoms. The molecule has 0 radical (unpaired) electrons. The summed E-state index contributed by atoms with van der Waals surface area (Å²) in [5, 5.41) is 6.98. The number of hydrogen-bond acceptors (Lipinski definition) is 3. The molecule has 0 spiro atoms. The third-order valence-electron chi connectivity index (χ3n) is 5.85. The highest BCUT2D eigenvalue weighted by Gasteiger charge is 2.43. The maximum atomic E-state index is 4.92. The fourth-order valence-corrected chi connectivity index (χ4v) is 3.69. The Labute approximate surface area is 158 Å². The molecular weight excluding hydrogens is 322 g/mol. The molecule has 3 rings (SSSR count). The lowest BCUT2D eigenvalue weighted by Crippen LogP contribution is -2.52. The van der Waals surface area contributed by atoms with Crippen LogP contribution in [0.5, 0.6) is 0 Å². The number of nitrogens with zero attached hydrogens (tertiary/aromatic N) is 3. The number of rotatable bonds is 7. The van der Waals surface area contributed by atoms with Crippen LogP contribution in [0.15, 0.2) is 35.3 Å². The van der Waals surface area contributed by atoms with Crippen LogP contribution < -0.4 is 10.6 Å². The van der Waals surface area contributed by atoms with Gasteiger partial charge in [-0.2, -0.15) is 0 Å². The predicted octanol–water partition coefficient (Wildman–Crippen LogP) is 1.91. The molecule has 2 fully saturated rings. The maximum Gasteiger partial charge on any atom is 0.191 e. The number of piperazine rings is 1. The third kappa shape index (κ3) is 4.98. The van der Waals surface area contributed by atoms with Gasteiger partial charge in [0.2, 0.25) is 0 Å². The van der Waals surface area contributed by atoms with E-state index in [-0.39, 0.29) is 5.41 Å². The van der Waals surface area contributed by atoms with Crippen molar-refractivity contribution in [3.63, 3.8) is 0 Å². The Morgan fingerprint density at radius 2 is 1.81 bits per heavy atom. The summed E-state index contributed by atoms with van der Waals surface area (Å²) in [6, 6.07) is 11.4. The van der Waals surface area contributed by atoms with Gasteiger partial charge in [0.05, 0.1) is 6.54 Å². The Bertz CT molecular complexity index is 573. The van der Waals surface area contributed by atoms with E-state index >= 15 is 0 Å². The molecule has 1 aliphatic carbocycles. The first-order valence-corrected chi connectivity index (χ1v) is 10.1. The number of guanidine groups is 1. The summed E-state index contributed by atoms with van der Waals surface area (Å²) in [5.74, 6) is 0.954. The molecule has 1 aliphatic heterocycles. The summed E-state index contributed by atoms with van der Waals surface area (Å²) in [6.45, 7) is 11.8. The van der Waals surface area contributed by atoms with Gasteiger partial charge in [-0.1, -0.05) is 30.3 Å². The molecule has 5 nitrogen and oxygen atoms in total. The molecule has 0 aromatic heterocycles. The molecule has 1 atom stereocenters. The summed E-state index contributed by atoms with van der Waals surface area (Å²) in [5.41, 5.74) is 1.71. The molecule has 2 aliphatic rings. The van der Waals surface area contributed by atoms with Crippen molar-refractivity contribution in [2.45, 2.75) is 38.1 Å². The van der Waals surface area contributed by atoms with E-state index in [9.17, 15) is 0 Å². The van der Waals surface area contributed by atoms with Crippen molar-refractivity contribution in [2.24, 2.45) is 4.99 Å². The van der Waals surface area contributed by atoms with Crippen molar-refractivity contribution in [3.05, 3.63) is 35.9 Å². The van der Waals surface area contributed by atoms with E-state index in [1.807, 2.05) is 0 Å². The van der Waals surface area contributed by atoms with Crippen molar-refractivity contribution in [1.82, 2.24) is 20.4 Å². The molecule has 26 heavy (non-hydrogen) atoms. The second kappa shape index (κ2) is 8.87. The van der Waals surface area contributed by atoms with Crippen LogP contribution in [0.1, 0.15) is 32.3 Å². The predicted molar refractivity (Wildman–Crippen MR) is 110 cm³/mol. The minimum absolute atomic E-state index is 0.271. The van der Waals surface area contributed by atoms with Gasteiger partial charge in [-0.25, -0.2) is 0 Å². The van der Waals surface area contributed by atoms with Gasteiger partial charge >= 0.3 is 0 Å². The number of hydrogen-bond donors (Lipinski definition) is 2. The van der Waals surface area contributed by atoms with Crippen LogP contribution in [0.3, 0.4) is 0 Å². The third-order valence-corrected chi connectivity index (χ3v) is 5.85. The summed E-state index contributed by atoms with van der Waals surface area (Å²) in [4.78, 5) is 9.90. The van der Waals surface area contributed by atoms with Gasteiger partial charge in [0, 0.05) is 50.7 Å². The Kier molecular flexibility index (Phi) is 6.54. The average molecular weight is 358 g/mol. The molecule has 1 aromatic rings. The molecule has 1 aromatic carbocycles. The van der Waals surface area contributed by atoms with Gasteiger partial charge in [-0.15, -0.1) is 0 Å². The topological polar surface area (TPSA) is 42.9 Å². The van der Waals surface area contributed by atoms with Gasteiger partial charge in [-0.05, 0) is 39.3 Å². The van der Waals surface area contributed by atoms with Crippen molar-refractivity contribution < 1.29 is 0 Å². The Morgan fingerprint density at radius 1 is 1.12 bits per heavy atom. The largest absolute Gasteiger partial charge is 0.357 e. The Morgan fingerprint density at radius 3 is 2.42 bits per heavy atom. The van der Waals surface area contributed by atoms with Gasteiger partial charge in [0.25, 0.3) is 0 Å². The zero-order valence-corrected chi connectivity index (χ0v) is 16.7. The average Bonchev–Trinajstić information content (AvgIpc) is 3.46. The quantitative estimate of drug-likeness (QED) is 0.578. The molecule has 1 heterocycles. The summed E-state index contributed by atoms with van der Waals surface area (Å²) >= 11 is 0. The van der Waals surface area contributed by atoms with Crippen LogP contribution in [0.4, 0.5) is 0 Å². The lowest BCUT2D eigenvalue weighted by Gasteiger charge is -2.36. The standard InChI is InChI=1S/C21H35N5/c1-4-22-20(23-16-18(2)26-14-12-25(3)13-15-26)24-17-21(10-11-21)19-8-6-5-7-9-19/h5-9,18H,4,10-17H2,1-3H3,(H2,22,23,24). The minimum atomic E-state index is 0.271. The summed E-state index contributed by atoms with van der Waals surface area (Å²) < 4.78 is 0. The molecule has 1 saturated heterocycles. The van der Waals surface area contributed by atoms with E-state index in [4.69, 9.17) is 4.99 Å². The van der Waals surface area contributed by atoms with Crippen LogP contribution in [0, 0.1) is 0 Å². The van der Waals surface area contributed by atoms with Crippen LogP contribution in [0.2, 0.25) is 0 Å². The smallest absolute Gasteiger partial charge is 0.191 e. The Balaban J connectivity index is 1.53. The van der Waals surface area contributed by atoms with Crippen molar-refractivity contribution in [3.8, 4) is 0 Å². The SMILES string of the molecule is CCNC(=NCC1(c2ccccc2)CC1)NCC(C)N1CCN(C)CC1. The first kappa shape index (κ1) is 19.2. The number of aliphatic imine (C=N–C) groups is 1. The van der Waals surface area contributed by atoms with Gasteiger partial charge < -0.3 is 15.5 Å². The molecule has 0 amide bonds. The minimum Gasteiger partial charge on any atom is -0.357 e.